The Morgan fingerprint density at radius 2 is 1.92 bits per heavy atom. The molecule has 0 atom stereocenters. The molecule has 3 aromatic rings. The fraction of sp³-hybridized carbons (Fsp3) is 0.105. The summed E-state index contributed by atoms with van der Waals surface area (Å²) >= 11 is 0. The molecule has 5 nitrogen and oxygen atoms in total. The predicted octanol–water partition coefficient (Wildman–Crippen LogP) is 3.40. The quantitative estimate of drug-likeness (QED) is 0.559. The highest BCUT2D eigenvalue weighted by Crippen LogP contribution is 2.18. The van der Waals surface area contributed by atoms with Crippen molar-refractivity contribution in [3.8, 4) is 11.3 Å². The zero-order chi connectivity index (χ0) is 16.8. The number of aryl methyl sites for hydroxylation is 1. The number of nitrogens with zero attached hydrogens (tertiary/aromatic N) is 2. The molecule has 0 radical (unpaired) electrons. The molecule has 120 valence electrons. The summed E-state index contributed by atoms with van der Waals surface area (Å²) in [6.45, 7) is 2.11. The van der Waals surface area contributed by atoms with Crippen LogP contribution >= 0.6 is 0 Å². The number of hydrogen-bond acceptors (Lipinski definition) is 3. The van der Waals surface area contributed by atoms with Gasteiger partial charge >= 0.3 is 0 Å². The number of benzene rings is 2. The largest absolute Gasteiger partial charge is 0.289 e. The maximum atomic E-state index is 12.1. The summed E-state index contributed by atoms with van der Waals surface area (Å²) in [5.74, 6) is -0.328. The van der Waals surface area contributed by atoms with Crippen LogP contribution in [-0.4, -0.2) is 22.3 Å². The van der Waals surface area contributed by atoms with Crippen LogP contribution in [0.4, 0.5) is 0 Å². The van der Waals surface area contributed by atoms with Gasteiger partial charge in [-0.25, -0.2) is 5.43 Å². The first kappa shape index (κ1) is 15.7. The summed E-state index contributed by atoms with van der Waals surface area (Å²) in [7, 11) is 0. The van der Waals surface area contributed by atoms with Crippen molar-refractivity contribution >= 4 is 12.1 Å². The minimum atomic E-state index is -0.328. The van der Waals surface area contributed by atoms with Crippen molar-refractivity contribution in [2.75, 3.05) is 0 Å². The minimum absolute atomic E-state index is 0.328. The molecule has 0 saturated heterocycles. The van der Waals surface area contributed by atoms with Crippen molar-refractivity contribution in [2.24, 2.45) is 5.10 Å². The molecule has 0 aliphatic rings. The van der Waals surface area contributed by atoms with E-state index in [-0.39, 0.29) is 5.91 Å². The molecule has 0 saturated carbocycles. The number of hydrogen-bond donors (Lipinski definition) is 2. The van der Waals surface area contributed by atoms with Gasteiger partial charge in [0.25, 0.3) is 5.91 Å². The van der Waals surface area contributed by atoms with Crippen LogP contribution < -0.4 is 5.43 Å². The monoisotopic (exact) mass is 318 g/mol. The van der Waals surface area contributed by atoms with Crippen LogP contribution in [0.3, 0.4) is 0 Å². The van der Waals surface area contributed by atoms with Crippen molar-refractivity contribution in [3.05, 3.63) is 77.5 Å². The number of amides is 1. The average Bonchev–Trinajstić information content (AvgIpc) is 3.13. The van der Waals surface area contributed by atoms with E-state index in [9.17, 15) is 4.79 Å². The molecule has 1 heterocycles. The lowest BCUT2D eigenvalue weighted by Gasteiger charge is -1.98. The topological polar surface area (TPSA) is 70.1 Å². The zero-order valence-electron chi connectivity index (χ0n) is 13.4. The van der Waals surface area contributed by atoms with Crippen LogP contribution in [0.25, 0.3) is 11.3 Å². The van der Waals surface area contributed by atoms with Crippen LogP contribution in [0.1, 0.15) is 28.5 Å². The van der Waals surface area contributed by atoms with Crippen LogP contribution in [0, 0.1) is 0 Å². The summed E-state index contributed by atoms with van der Waals surface area (Å²) in [4.78, 5) is 12.1. The van der Waals surface area contributed by atoms with Gasteiger partial charge in [-0.2, -0.15) is 10.2 Å². The van der Waals surface area contributed by atoms with E-state index in [0.717, 1.165) is 23.2 Å². The third-order valence-electron chi connectivity index (χ3n) is 3.66. The molecule has 5 heteroatoms. The first-order chi connectivity index (χ1) is 11.8. The molecule has 2 aromatic carbocycles. The van der Waals surface area contributed by atoms with E-state index in [2.05, 4.69) is 39.8 Å². The Balaban J connectivity index is 1.66. The van der Waals surface area contributed by atoms with E-state index in [4.69, 9.17) is 0 Å². The molecular weight excluding hydrogens is 300 g/mol. The number of rotatable bonds is 5. The molecule has 2 N–H and O–H groups in total. The predicted molar refractivity (Wildman–Crippen MR) is 94.9 cm³/mol. The number of H-pyrrole nitrogens is 1. The van der Waals surface area contributed by atoms with E-state index in [1.807, 2.05) is 42.5 Å². The number of aromatic amines is 1. The molecule has 1 aromatic heterocycles. The van der Waals surface area contributed by atoms with Gasteiger partial charge in [-0.1, -0.05) is 61.5 Å². The SMILES string of the molecule is CCc1ccc(-c2cc(C(=O)NN=Cc3ccccc3)[nH]n2)cc1. The lowest BCUT2D eigenvalue weighted by molar-refractivity contribution is 0.0950. The average molecular weight is 318 g/mol. The standard InChI is InChI=1S/C19H18N4O/c1-2-14-8-10-16(11-9-14)17-12-18(22-21-17)19(24)23-20-13-15-6-4-3-5-7-15/h3-13H,2H2,1H3,(H,21,22)(H,23,24). The van der Waals surface area contributed by atoms with Crippen molar-refractivity contribution in [3.63, 3.8) is 0 Å². The Labute approximate surface area is 140 Å². The Bertz CT molecular complexity index is 835. The van der Waals surface area contributed by atoms with Crippen LogP contribution in [0.2, 0.25) is 0 Å². The minimum Gasteiger partial charge on any atom is -0.272 e. The van der Waals surface area contributed by atoms with Gasteiger partial charge in [0.05, 0.1) is 11.9 Å². The van der Waals surface area contributed by atoms with Gasteiger partial charge in [0, 0.05) is 5.56 Å². The lowest BCUT2D eigenvalue weighted by atomic mass is 10.1. The molecule has 0 fully saturated rings. The summed E-state index contributed by atoms with van der Waals surface area (Å²) in [6.07, 6.45) is 2.59. The molecule has 1 amide bonds. The molecule has 0 unspecified atom stereocenters. The van der Waals surface area contributed by atoms with Gasteiger partial charge in [0.15, 0.2) is 0 Å². The first-order valence-electron chi connectivity index (χ1n) is 7.79. The van der Waals surface area contributed by atoms with E-state index >= 15 is 0 Å². The van der Waals surface area contributed by atoms with Crippen LogP contribution in [0.15, 0.2) is 65.8 Å². The normalized spacial score (nSPS) is 10.9. The fourth-order valence-electron chi connectivity index (χ4n) is 2.26. The molecule has 0 spiro atoms. The van der Waals surface area contributed by atoms with E-state index in [1.54, 1.807) is 12.3 Å². The fourth-order valence-corrected chi connectivity index (χ4v) is 2.26. The summed E-state index contributed by atoms with van der Waals surface area (Å²) < 4.78 is 0. The zero-order valence-corrected chi connectivity index (χ0v) is 13.4. The van der Waals surface area contributed by atoms with E-state index in [1.165, 1.54) is 5.56 Å². The van der Waals surface area contributed by atoms with Gasteiger partial charge in [0.1, 0.15) is 5.69 Å². The van der Waals surface area contributed by atoms with E-state index in [0.29, 0.717) is 5.69 Å². The summed E-state index contributed by atoms with van der Waals surface area (Å²) in [5, 5.41) is 10.9. The summed E-state index contributed by atoms with van der Waals surface area (Å²) in [6, 6.07) is 19.4. The Kier molecular flexibility index (Phi) is 4.81. The van der Waals surface area contributed by atoms with Crippen LogP contribution in [-0.2, 0) is 6.42 Å². The summed E-state index contributed by atoms with van der Waals surface area (Å²) in [5.41, 5.74) is 6.74. The van der Waals surface area contributed by atoms with Gasteiger partial charge in [-0.05, 0) is 23.6 Å². The highest BCUT2D eigenvalue weighted by Gasteiger charge is 2.10. The highest BCUT2D eigenvalue weighted by atomic mass is 16.2. The Morgan fingerprint density at radius 1 is 1.17 bits per heavy atom. The smallest absolute Gasteiger partial charge is 0.272 e. The molecule has 0 bridgehead atoms. The number of aromatic nitrogens is 2. The molecule has 24 heavy (non-hydrogen) atoms. The third-order valence-corrected chi connectivity index (χ3v) is 3.66. The van der Waals surface area contributed by atoms with Gasteiger partial charge in [0.2, 0.25) is 0 Å². The van der Waals surface area contributed by atoms with Gasteiger partial charge in [-0.15, -0.1) is 0 Å². The third kappa shape index (κ3) is 3.76. The van der Waals surface area contributed by atoms with Crippen molar-refractivity contribution in [2.45, 2.75) is 13.3 Å². The van der Waals surface area contributed by atoms with Crippen molar-refractivity contribution in [1.29, 1.82) is 0 Å². The van der Waals surface area contributed by atoms with E-state index < -0.39 is 0 Å². The van der Waals surface area contributed by atoms with Gasteiger partial charge in [-0.3, -0.25) is 9.89 Å². The highest BCUT2D eigenvalue weighted by molar-refractivity contribution is 5.94. The number of nitrogens with one attached hydrogen (secondary N) is 2. The van der Waals surface area contributed by atoms with Crippen molar-refractivity contribution in [1.82, 2.24) is 15.6 Å². The first-order valence-corrected chi connectivity index (χ1v) is 7.79. The lowest BCUT2D eigenvalue weighted by Crippen LogP contribution is -2.17. The maximum Gasteiger partial charge on any atom is 0.289 e. The Morgan fingerprint density at radius 3 is 2.62 bits per heavy atom. The molecule has 0 aliphatic carbocycles. The molecule has 3 rings (SSSR count). The molecule has 0 aliphatic heterocycles. The maximum absolute atomic E-state index is 12.1. The second kappa shape index (κ2) is 7.37. The second-order valence-electron chi connectivity index (χ2n) is 5.33. The number of hydrazone groups is 1. The van der Waals surface area contributed by atoms with Crippen LogP contribution in [0.5, 0.6) is 0 Å². The second-order valence-corrected chi connectivity index (χ2v) is 5.33. The number of carbonyl (C=O) groups excluding carboxylic acids is 1. The Hall–Kier alpha value is -3.21. The van der Waals surface area contributed by atoms with Gasteiger partial charge < -0.3 is 0 Å². The number of carbonyl (C=O) groups is 1. The van der Waals surface area contributed by atoms with Crippen molar-refractivity contribution < 1.29 is 4.79 Å². The molecular formula is C19H18N4O.